The van der Waals surface area contributed by atoms with Crippen molar-refractivity contribution in [2.24, 2.45) is 0 Å². The van der Waals surface area contributed by atoms with Gasteiger partial charge in [0.15, 0.2) is 0 Å². The van der Waals surface area contributed by atoms with E-state index in [0.29, 0.717) is 40.2 Å². The molecule has 2 heterocycles. The van der Waals surface area contributed by atoms with E-state index < -0.39 is 17.8 Å². The van der Waals surface area contributed by atoms with E-state index in [1.807, 2.05) is 0 Å². The number of halogens is 1. The second-order valence-corrected chi connectivity index (χ2v) is 8.50. The predicted octanol–water partition coefficient (Wildman–Crippen LogP) is 3.91. The molecule has 2 aromatic rings. The molecule has 2 unspecified atom stereocenters. The van der Waals surface area contributed by atoms with E-state index in [4.69, 9.17) is 25.8 Å². The third kappa shape index (κ3) is 5.52. The lowest BCUT2D eigenvalue weighted by atomic mass is 10.0. The zero-order valence-electron chi connectivity index (χ0n) is 17.5. The summed E-state index contributed by atoms with van der Waals surface area (Å²) >= 11 is 6.29. The molecule has 9 heteroatoms. The third-order valence-corrected chi connectivity index (χ3v) is 4.85. The van der Waals surface area contributed by atoms with E-state index in [-0.39, 0.29) is 18.6 Å². The van der Waals surface area contributed by atoms with Crippen molar-refractivity contribution in [2.45, 2.75) is 51.4 Å². The minimum Gasteiger partial charge on any atom is -0.497 e. The molecule has 1 aromatic carbocycles. The highest BCUT2D eigenvalue weighted by molar-refractivity contribution is 6.35. The number of carbonyl (C=O) groups is 2. The molecule has 0 bridgehead atoms. The van der Waals surface area contributed by atoms with Crippen molar-refractivity contribution in [3.8, 4) is 5.75 Å². The molecule has 2 N–H and O–H groups in total. The van der Waals surface area contributed by atoms with Crippen LogP contribution in [-0.4, -0.2) is 48.4 Å². The molecule has 2 atom stereocenters. The molecule has 0 spiro atoms. The standard InChI is InChI=1S/C21H26ClN3O5/c1-21(2,3)30-20(27)24-12-5-8-17(29-11-12)19(26)25-18-14-9-13(28-4)6-7-16(14)23-10-15(18)22/h6-7,9-10,12,17H,5,8,11H2,1-4H3,(H,24,27)(H,23,25,26). The molecule has 1 aliphatic rings. The predicted molar refractivity (Wildman–Crippen MR) is 114 cm³/mol. The SMILES string of the molecule is COc1ccc2ncc(Cl)c(NC(=O)C3CCC(NC(=O)OC(C)(C)C)CO3)c2c1. The number of anilines is 1. The summed E-state index contributed by atoms with van der Waals surface area (Å²) in [5.41, 5.74) is 0.571. The van der Waals surface area contributed by atoms with Crippen LogP contribution in [0.3, 0.4) is 0 Å². The van der Waals surface area contributed by atoms with E-state index >= 15 is 0 Å². The van der Waals surface area contributed by atoms with Gasteiger partial charge in [-0.25, -0.2) is 4.79 Å². The van der Waals surface area contributed by atoms with Crippen molar-refractivity contribution >= 4 is 40.2 Å². The number of fused-ring (bicyclic) bond motifs is 1. The van der Waals surface area contributed by atoms with Crippen LogP contribution in [0, 0.1) is 0 Å². The fraction of sp³-hybridized carbons (Fsp3) is 0.476. The highest BCUT2D eigenvalue weighted by atomic mass is 35.5. The van der Waals surface area contributed by atoms with Gasteiger partial charge in [-0.2, -0.15) is 0 Å². The van der Waals surface area contributed by atoms with Gasteiger partial charge < -0.3 is 24.8 Å². The van der Waals surface area contributed by atoms with Gasteiger partial charge in [0, 0.05) is 11.6 Å². The summed E-state index contributed by atoms with van der Waals surface area (Å²) in [4.78, 5) is 29.0. The summed E-state index contributed by atoms with van der Waals surface area (Å²) in [6, 6.07) is 5.14. The van der Waals surface area contributed by atoms with Crippen molar-refractivity contribution in [3.05, 3.63) is 29.4 Å². The average molecular weight is 436 g/mol. The molecule has 30 heavy (non-hydrogen) atoms. The fourth-order valence-corrected chi connectivity index (χ4v) is 3.35. The van der Waals surface area contributed by atoms with Gasteiger partial charge in [-0.1, -0.05) is 11.6 Å². The molecule has 0 saturated carbocycles. The number of nitrogens with one attached hydrogen (secondary N) is 2. The molecule has 1 fully saturated rings. The van der Waals surface area contributed by atoms with Crippen molar-refractivity contribution in [3.63, 3.8) is 0 Å². The van der Waals surface area contributed by atoms with Crippen LogP contribution in [0.5, 0.6) is 5.75 Å². The zero-order chi connectivity index (χ0) is 21.9. The van der Waals surface area contributed by atoms with Crippen LogP contribution >= 0.6 is 11.6 Å². The Morgan fingerprint density at radius 2 is 2.03 bits per heavy atom. The molecule has 3 rings (SSSR count). The Bertz CT molecular complexity index is 936. The molecule has 2 amide bonds. The summed E-state index contributed by atoms with van der Waals surface area (Å²) in [6.45, 7) is 5.62. The van der Waals surface area contributed by atoms with Gasteiger partial charge >= 0.3 is 6.09 Å². The number of hydrogen-bond acceptors (Lipinski definition) is 6. The lowest BCUT2D eigenvalue weighted by molar-refractivity contribution is -0.130. The monoisotopic (exact) mass is 435 g/mol. The molecule has 1 aliphatic heterocycles. The minimum absolute atomic E-state index is 0.210. The molecular weight excluding hydrogens is 410 g/mol. The highest BCUT2D eigenvalue weighted by Gasteiger charge is 2.29. The van der Waals surface area contributed by atoms with E-state index in [1.54, 1.807) is 46.1 Å². The topological polar surface area (TPSA) is 98.8 Å². The van der Waals surface area contributed by atoms with Crippen molar-refractivity contribution in [2.75, 3.05) is 19.0 Å². The summed E-state index contributed by atoms with van der Waals surface area (Å²) in [7, 11) is 1.56. The number of carbonyl (C=O) groups excluding carboxylic acids is 2. The zero-order valence-corrected chi connectivity index (χ0v) is 18.2. The third-order valence-electron chi connectivity index (χ3n) is 4.57. The molecule has 0 radical (unpaired) electrons. The Labute approximate surface area is 180 Å². The van der Waals surface area contributed by atoms with Gasteiger partial charge in [0.05, 0.1) is 36.0 Å². The maximum Gasteiger partial charge on any atom is 0.407 e. The first-order chi connectivity index (χ1) is 14.2. The molecule has 162 valence electrons. The summed E-state index contributed by atoms with van der Waals surface area (Å²) in [6.07, 6.45) is 1.40. The smallest absolute Gasteiger partial charge is 0.407 e. The Morgan fingerprint density at radius 1 is 1.27 bits per heavy atom. The first-order valence-electron chi connectivity index (χ1n) is 9.70. The van der Waals surface area contributed by atoms with Crippen LogP contribution in [0.4, 0.5) is 10.5 Å². The quantitative estimate of drug-likeness (QED) is 0.755. The van der Waals surface area contributed by atoms with Gasteiger partial charge in [0.2, 0.25) is 0 Å². The number of methoxy groups -OCH3 is 1. The largest absolute Gasteiger partial charge is 0.497 e. The van der Waals surface area contributed by atoms with E-state index in [1.165, 1.54) is 6.20 Å². The van der Waals surface area contributed by atoms with Gasteiger partial charge in [-0.05, 0) is 51.8 Å². The summed E-state index contributed by atoms with van der Waals surface area (Å²) < 4.78 is 16.2. The van der Waals surface area contributed by atoms with Gasteiger partial charge in [-0.3, -0.25) is 9.78 Å². The normalized spacial score (nSPS) is 19.2. The number of rotatable bonds is 4. The first kappa shape index (κ1) is 22.1. The molecular formula is C21H26ClN3O5. The Morgan fingerprint density at radius 3 is 2.67 bits per heavy atom. The Balaban J connectivity index is 1.63. The molecule has 1 aromatic heterocycles. The van der Waals surface area contributed by atoms with E-state index in [2.05, 4.69) is 15.6 Å². The Kier molecular flexibility index (Phi) is 6.67. The van der Waals surface area contributed by atoms with Crippen molar-refractivity contribution in [1.82, 2.24) is 10.3 Å². The number of hydrogen-bond donors (Lipinski definition) is 2. The van der Waals surface area contributed by atoms with Crippen LogP contribution in [-0.2, 0) is 14.3 Å². The lowest BCUT2D eigenvalue weighted by Crippen LogP contribution is -2.47. The molecule has 0 aliphatic carbocycles. The molecule has 8 nitrogen and oxygen atoms in total. The maximum absolute atomic E-state index is 12.8. The summed E-state index contributed by atoms with van der Waals surface area (Å²) in [5, 5.41) is 6.63. The first-order valence-corrected chi connectivity index (χ1v) is 10.1. The maximum atomic E-state index is 12.8. The van der Waals surface area contributed by atoms with Crippen molar-refractivity contribution < 1.29 is 23.8 Å². The highest BCUT2D eigenvalue weighted by Crippen LogP contribution is 2.32. The van der Waals surface area contributed by atoms with Gasteiger partial charge in [-0.15, -0.1) is 0 Å². The second-order valence-electron chi connectivity index (χ2n) is 8.10. The fourth-order valence-electron chi connectivity index (χ4n) is 3.15. The number of aromatic nitrogens is 1. The van der Waals surface area contributed by atoms with Crippen LogP contribution in [0.1, 0.15) is 33.6 Å². The minimum atomic E-state index is -0.647. The van der Waals surface area contributed by atoms with Crippen LogP contribution in [0.2, 0.25) is 5.02 Å². The number of benzene rings is 1. The van der Waals surface area contributed by atoms with Crippen LogP contribution in [0.15, 0.2) is 24.4 Å². The number of amides is 2. The van der Waals surface area contributed by atoms with Crippen LogP contribution < -0.4 is 15.4 Å². The Hall–Kier alpha value is -2.58. The summed E-state index contributed by atoms with van der Waals surface area (Å²) in [5.74, 6) is 0.329. The number of nitrogens with zero attached hydrogens (tertiary/aromatic N) is 1. The van der Waals surface area contributed by atoms with Crippen LogP contribution in [0.25, 0.3) is 10.9 Å². The van der Waals surface area contributed by atoms with Gasteiger partial charge in [0.25, 0.3) is 5.91 Å². The van der Waals surface area contributed by atoms with Crippen molar-refractivity contribution in [1.29, 1.82) is 0 Å². The average Bonchev–Trinajstić information content (AvgIpc) is 2.68. The number of alkyl carbamates (subject to hydrolysis) is 1. The molecule has 1 saturated heterocycles. The second kappa shape index (κ2) is 9.06. The number of pyridine rings is 1. The number of ether oxygens (including phenoxy) is 3. The van der Waals surface area contributed by atoms with E-state index in [9.17, 15) is 9.59 Å². The van der Waals surface area contributed by atoms with E-state index in [0.717, 1.165) is 0 Å². The van der Waals surface area contributed by atoms with Gasteiger partial charge in [0.1, 0.15) is 17.5 Å². The lowest BCUT2D eigenvalue weighted by Gasteiger charge is -2.30.